The smallest absolute Gasteiger partial charge is 0.338 e. The molecular formula is C21H25NO5. The second kappa shape index (κ2) is 7.34. The van der Waals surface area contributed by atoms with E-state index in [2.05, 4.69) is 11.8 Å². The topological polar surface area (TPSA) is 77.8 Å². The average Bonchev–Trinajstić information content (AvgIpc) is 3.25. The molecule has 0 amide bonds. The molecule has 6 heteroatoms. The van der Waals surface area contributed by atoms with Gasteiger partial charge in [-0.15, -0.1) is 0 Å². The third-order valence-corrected chi connectivity index (χ3v) is 5.25. The minimum absolute atomic E-state index is 0.0626. The van der Waals surface area contributed by atoms with E-state index in [0.717, 1.165) is 12.0 Å². The van der Waals surface area contributed by atoms with Crippen molar-refractivity contribution in [3.05, 3.63) is 38.8 Å². The van der Waals surface area contributed by atoms with Gasteiger partial charge in [-0.3, -0.25) is 4.79 Å². The van der Waals surface area contributed by atoms with E-state index in [0.29, 0.717) is 41.9 Å². The van der Waals surface area contributed by atoms with Gasteiger partial charge in [-0.2, -0.15) is 0 Å². The number of fused-ring (bicyclic) bond motifs is 1. The minimum Gasteiger partial charge on any atom is -0.462 e. The number of allylic oxidation sites excluding steroid dienone is 1. The van der Waals surface area contributed by atoms with Crippen molar-refractivity contribution in [2.45, 2.75) is 39.2 Å². The molecule has 2 unspecified atom stereocenters. The number of hydrogen-bond donors (Lipinski definition) is 1. The zero-order valence-electron chi connectivity index (χ0n) is 16.2. The maximum Gasteiger partial charge on any atom is 0.338 e. The van der Waals surface area contributed by atoms with Gasteiger partial charge in [0.1, 0.15) is 5.60 Å². The lowest BCUT2D eigenvalue weighted by Crippen LogP contribution is -2.33. The molecule has 144 valence electrons. The third kappa shape index (κ3) is 3.58. The number of aryl methyl sites for hydroxylation is 1. The first-order valence-electron chi connectivity index (χ1n) is 9.19. The Hall–Kier alpha value is -2.36. The summed E-state index contributed by atoms with van der Waals surface area (Å²) in [7, 11) is 1.66. The monoisotopic (exact) mass is 371 g/mol. The normalized spacial score (nSPS) is 20.7. The Kier molecular flexibility index (Phi) is 5.27. The molecule has 0 saturated carbocycles. The molecule has 2 heterocycles. The number of esters is 1. The van der Waals surface area contributed by atoms with E-state index >= 15 is 0 Å². The van der Waals surface area contributed by atoms with Gasteiger partial charge in [0, 0.05) is 48.9 Å². The first-order valence-corrected chi connectivity index (χ1v) is 9.19. The van der Waals surface area contributed by atoms with Crippen LogP contribution in [-0.2, 0) is 27.7 Å². The van der Waals surface area contributed by atoms with Crippen molar-refractivity contribution in [1.29, 1.82) is 0 Å². The average molecular weight is 371 g/mol. The molecule has 0 aromatic carbocycles. The maximum atomic E-state index is 12.6. The van der Waals surface area contributed by atoms with Crippen LogP contribution < -0.4 is 5.56 Å². The fraction of sp³-hybridized carbons (Fsp3) is 0.524. The van der Waals surface area contributed by atoms with Gasteiger partial charge in [-0.25, -0.2) is 4.79 Å². The van der Waals surface area contributed by atoms with E-state index < -0.39 is 11.6 Å². The Morgan fingerprint density at radius 3 is 2.89 bits per heavy atom. The van der Waals surface area contributed by atoms with E-state index in [4.69, 9.17) is 9.47 Å². The predicted octanol–water partition coefficient (Wildman–Crippen LogP) is 1.42. The molecule has 3 rings (SSSR count). The van der Waals surface area contributed by atoms with Crippen LogP contribution in [0.25, 0.3) is 5.57 Å². The summed E-state index contributed by atoms with van der Waals surface area (Å²) in [5.74, 6) is 5.45. The number of pyridine rings is 1. The van der Waals surface area contributed by atoms with Gasteiger partial charge >= 0.3 is 5.97 Å². The summed E-state index contributed by atoms with van der Waals surface area (Å²) < 4.78 is 12.0. The number of ether oxygens (including phenoxy) is 2. The number of carbonyl (C=O) groups is 1. The second-order valence-corrected chi connectivity index (χ2v) is 7.32. The van der Waals surface area contributed by atoms with Gasteiger partial charge in [0.15, 0.2) is 0 Å². The molecule has 6 nitrogen and oxygen atoms in total. The highest BCUT2D eigenvalue weighted by Crippen LogP contribution is 2.34. The summed E-state index contributed by atoms with van der Waals surface area (Å²) in [4.78, 5) is 25.0. The summed E-state index contributed by atoms with van der Waals surface area (Å²) in [5, 5.41) is 10.7. The number of carbonyl (C=O) groups excluding carboxylic acids is 1. The minimum atomic E-state index is -1.21. The Bertz CT molecular complexity index is 920. The van der Waals surface area contributed by atoms with Crippen molar-refractivity contribution in [3.63, 3.8) is 0 Å². The first-order chi connectivity index (χ1) is 12.8. The number of hydrogen-bond acceptors (Lipinski definition) is 5. The van der Waals surface area contributed by atoms with Gasteiger partial charge in [0.2, 0.25) is 0 Å². The molecule has 1 N–H and O–H groups in total. The summed E-state index contributed by atoms with van der Waals surface area (Å²) in [6, 6.07) is 0. The van der Waals surface area contributed by atoms with E-state index in [1.807, 2.05) is 6.92 Å². The lowest BCUT2D eigenvalue weighted by molar-refractivity contribution is -0.136. The molecule has 2 aliphatic rings. The summed E-state index contributed by atoms with van der Waals surface area (Å²) >= 11 is 0. The van der Waals surface area contributed by atoms with Gasteiger partial charge in [-0.1, -0.05) is 17.4 Å². The van der Waals surface area contributed by atoms with Crippen LogP contribution in [0.1, 0.15) is 43.9 Å². The first kappa shape index (κ1) is 19.4. The number of aliphatic hydroxyl groups is 1. The van der Waals surface area contributed by atoms with Gasteiger partial charge < -0.3 is 19.1 Å². The Morgan fingerprint density at radius 1 is 1.52 bits per heavy atom. The van der Waals surface area contributed by atoms with Crippen LogP contribution in [0.2, 0.25) is 0 Å². The van der Waals surface area contributed by atoms with Crippen molar-refractivity contribution in [3.8, 4) is 11.8 Å². The Morgan fingerprint density at radius 2 is 2.26 bits per heavy atom. The third-order valence-electron chi connectivity index (χ3n) is 5.25. The summed E-state index contributed by atoms with van der Waals surface area (Å²) in [5.41, 5.74) is 1.49. The van der Waals surface area contributed by atoms with Gasteiger partial charge in [0.25, 0.3) is 5.56 Å². The molecule has 1 aliphatic carbocycles. The van der Waals surface area contributed by atoms with Crippen LogP contribution in [0.5, 0.6) is 0 Å². The van der Waals surface area contributed by atoms with Crippen molar-refractivity contribution >= 4 is 11.5 Å². The SMILES string of the molecule is CCOC(=O)C1=C(C)Cc2c1c(C#CC(C)(O)C1CCOC1)cn(C)c2=O. The van der Waals surface area contributed by atoms with Crippen molar-refractivity contribution in [2.75, 3.05) is 19.8 Å². The maximum absolute atomic E-state index is 12.6. The van der Waals surface area contributed by atoms with E-state index in [1.54, 1.807) is 27.1 Å². The second-order valence-electron chi connectivity index (χ2n) is 7.32. The summed E-state index contributed by atoms with van der Waals surface area (Å²) in [6.45, 7) is 6.60. The molecule has 1 aromatic heterocycles. The molecule has 1 aromatic rings. The highest BCUT2D eigenvalue weighted by molar-refractivity contribution is 6.19. The molecule has 1 saturated heterocycles. The van der Waals surface area contributed by atoms with Crippen LogP contribution in [0.4, 0.5) is 0 Å². The zero-order valence-corrected chi connectivity index (χ0v) is 16.2. The standard InChI is InChI=1S/C21H25NO5/c1-5-27-20(24)17-13(2)10-16-18(17)14(11-22(4)19(16)23)6-8-21(3,25)15-7-9-26-12-15/h11,15,25H,5,7,9-10,12H2,1-4H3. The number of aromatic nitrogens is 1. The van der Waals surface area contributed by atoms with Crippen molar-refractivity contribution in [2.24, 2.45) is 13.0 Å². The molecule has 0 spiro atoms. The van der Waals surface area contributed by atoms with Crippen LogP contribution in [0, 0.1) is 17.8 Å². The van der Waals surface area contributed by atoms with E-state index in [1.165, 1.54) is 4.57 Å². The molecule has 0 radical (unpaired) electrons. The number of nitrogens with zero attached hydrogens (tertiary/aromatic N) is 1. The molecule has 2 atom stereocenters. The lowest BCUT2D eigenvalue weighted by atomic mass is 9.88. The Labute approximate surface area is 158 Å². The van der Waals surface area contributed by atoms with Crippen molar-refractivity contribution < 1.29 is 19.4 Å². The van der Waals surface area contributed by atoms with Crippen molar-refractivity contribution in [1.82, 2.24) is 4.57 Å². The van der Waals surface area contributed by atoms with Gasteiger partial charge in [-0.05, 0) is 27.2 Å². The van der Waals surface area contributed by atoms with Gasteiger partial charge in [0.05, 0.1) is 18.8 Å². The fourth-order valence-electron chi connectivity index (χ4n) is 3.66. The van der Waals surface area contributed by atoms with E-state index in [-0.39, 0.29) is 18.1 Å². The molecule has 1 aliphatic heterocycles. The predicted molar refractivity (Wildman–Crippen MR) is 101 cm³/mol. The highest BCUT2D eigenvalue weighted by Gasteiger charge is 2.34. The van der Waals surface area contributed by atoms with Crippen LogP contribution in [0.3, 0.4) is 0 Å². The van der Waals surface area contributed by atoms with Crippen LogP contribution in [-0.4, -0.2) is 41.1 Å². The quantitative estimate of drug-likeness (QED) is 0.642. The zero-order chi connectivity index (χ0) is 19.8. The highest BCUT2D eigenvalue weighted by atomic mass is 16.5. The molecule has 0 bridgehead atoms. The Balaban J connectivity index is 2.10. The molecular weight excluding hydrogens is 346 g/mol. The van der Waals surface area contributed by atoms with E-state index in [9.17, 15) is 14.7 Å². The molecule has 1 fully saturated rings. The molecule has 27 heavy (non-hydrogen) atoms. The van der Waals surface area contributed by atoms with Crippen LogP contribution in [0.15, 0.2) is 16.6 Å². The number of rotatable bonds is 3. The fourth-order valence-corrected chi connectivity index (χ4v) is 3.66. The van der Waals surface area contributed by atoms with Crippen LogP contribution >= 0.6 is 0 Å². The summed E-state index contributed by atoms with van der Waals surface area (Å²) in [6.07, 6.45) is 2.77. The lowest BCUT2D eigenvalue weighted by Gasteiger charge is -2.22. The largest absolute Gasteiger partial charge is 0.462 e.